The monoisotopic (exact) mass is 620 g/mol. The summed E-state index contributed by atoms with van der Waals surface area (Å²) in [5.41, 5.74) is 3.12. The van der Waals surface area contributed by atoms with Gasteiger partial charge in [0.2, 0.25) is 5.91 Å². The average molecular weight is 621 g/mol. The van der Waals surface area contributed by atoms with E-state index in [2.05, 4.69) is 20.9 Å². The lowest BCUT2D eigenvalue weighted by molar-refractivity contribution is -0.115. The first-order valence-electron chi connectivity index (χ1n) is 14.1. The Bertz CT molecular complexity index is 1870. The van der Waals surface area contributed by atoms with Crippen molar-refractivity contribution in [3.8, 4) is 11.5 Å². The van der Waals surface area contributed by atoms with E-state index in [9.17, 15) is 14.4 Å². The molecule has 4 aromatic carbocycles. The van der Waals surface area contributed by atoms with Crippen molar-refractivity contribution >= 4 is 57.8 Å². The van der Waals surface area contributed by atoms with Crippen molar-refractivity contribution in [2.45, 2.75) is 17.1 Å². The molecule has 5 aromatic rings. The van der Waals surface area contributed by atoms with Crippen molar-refractivity contribution in [2.75, 3.05) is 24.9 Å². The van der Waals surface area contributed by atoms with Crippen molar-refractivity contribution in [3.63, 3.8) is 0 Å². The third kappa shape index (κ3) is 7.92. The highest BCUT2D eigenvalue weighted by molar-refractivity contribution is 8.00. The molecule has 0 fully saturated rings. The van der Waals surface area contributed by atoms with Gasteiger partial charge in [0.05, 0.1) is 19.5 Å². The second-order valence-corrected chi connectivity index (χ2v) is 11.4. The van der Waals surface area contributed by atoms with E-state index in [4.69, 9.17) is 9.47 Å². The number of benzene rings is 4. The number of aromatic nitrogens is 1. The minimum atomic E-state index is -0.537. The van der Waals surface area contributed by atoms with Crippen molar-refractivity contribution in [2.24, 2.45) is 0 Å². The largest absolute Gasteiger partial charge is 0.497 e. The van der Waals surface area contributed by atoms with Gasteiger partial charge in [0.25, 0.3) is 11.8 Å². The van der Waals surface area contributed by atoms with Crippen LogP contribution >= 0.6 is 11.8 Å². The number of thioether (sulfide) groups is 1. The molecule has 9 nitrogen and oxygen atoms in total. The molecule has 10 heteroatoms. The molecule has 0 saturated carbocycles. The van der Waals surface area contributed by atoms with Crippen LogP contribution in [0.1, 0.15) is 22.8 Å². The van der Waals surface area contributed by atoms with Gasteiger partial charge in [-0.3, -0.25) is 14.4 Å². The van der Waals surface area contributed by atoms with Gasteiger partial charge in [-0.2, -0.15) is 0 Å². The second kappa shape index (κ2) is 14.3. The summed E-state index contributed by atoms with van der Waals surface area (Å²) in [4.78, 5) is 43.5. The van der Waals surface area contributed by atoms with E-state index < -0.39 is 17.1 Å². The first kappa shape index (κ1) is 31.0. The second-order valence-electron chi connectivity index (χ2n) is 10.00. The average Bonchev–Trinajstić information content (AvgIpc) is 3.53. The number of hydrogen-bond donors (Lipinski definition) is 4. The van der Waals surface area contributed by atoms with E-state index in [0.717, 1.165) is 15.8 Å². The van der Waals surface area contributed by atoms with Gasteiger partial charge in [0.15, 0.2) is 0 Å². The van der Waals surface area contributed by atoms with Gasteiger partial charge in [0, 0.05) is 45.2 Å². The molecule has 0 bridgehead atoms. The molecule has 1 aromatic heterocycles. The normalized spacial score (nSPS) is 11.8. The zero-order chi connectivity index (χ0) is 31.8. The lowest BCUT2D eigenvalue weighted by atomic mass is 10.1. The number of carbonyl (C=O) groups is 3. The summed E-state index contributed by atoms with van der Waals surface area (Å²) < 4.78 is 10.8. The van der Waals surface area contributed by atoms with Crippen LogP contribution in [-0.2, 0) is 9.59 Å². The molecule has 1 unspecified atom stereocenters. The van der Waals surface area contributed by atoms with Gasteiger partial charge < -0.3 is 30.4 Å². The summed E-state index contributed by atoms with van der Waals surface area (Å²) in [6, 6.07) is 28.6. The van der Waals surface area contributed by atoms with Crippen LogP contribution in [0.4, 0.5) is 11.4 Å². The molecule has 228 valence electrons. The number of ether oxygens (including phenoxy) is 2. The number of carbonyl (C=O) groups excluding carboxylic acids is 3. The van der Waals surface area contributed by atoms with Gasteiger partial charge in [-0.15, -0.1) is 11.8 Å². The quantitative estimate of drug-likeness (QED) is 0.0962. The molecule has 0 saturated heterocycles. The number of nitrogens with one attached hydrogen (secondary N) is 4. The van der Waals surface area contributed by atoms with Gasteiger partial charge in [0.1, 0.15) is 17.2 Å². The molecule has 3 amide bonds. The zero-order valence-corrected chi connectivity index (χ0v) is 25.7. The molecule has 0 spiro atoms. The van der Waals surface area contributed by atoms with E-state index >= 15 is 0 Å². The third-order valence-electron chi connectivity index (χ3n) is 6.87. The van der Waals surface area contributed by atoms with Gasteiger partial charge in [-0.1, -0.05) is 30.3 Å². The molecule has 1 heterocycles. The van der Waals surface area contributed by atoms with E-state index in [0.29, 0.717) is 34.0 Å². The Labute approximate surface area is 265 Å². The van der Waals surface area contributed by atoms with Crippen LogP contribution in [0, 0.1) is 0 Å². The number of fused-ring (bicyclic) bond motifs is 1. The van der Waals surface area contributed by atoms with E-state index in [1.165, 1.54) is 18.9 Å². The molecular weight excluding hydrogens is 588 g/mol. The Kier molecular flexibility index (Phi) is 9.86. The predicted molar refractivity (Wildman–Crippen MR) is 179 cm³/mol. The molecule has 5 rings (SSSR count). The Morgan fingerprint density at radius 2 is 1.62 bits per heavy atom. The number of amides is 3. The SMILES string of the molecule is COc1ccc(/C=C(/NC(=O)c2ccccc2)C(=O)Nc2cccc(SC(C)C(=O)Nc3ccc4cc[nH]c4c3)c2)c(OC)c1. The van der Waals surface area contributed by atoms with Crippen LogP contribution in [0.25, 0.3) is 17.0 Å². The van der Waals surface area contributed by atoms with E-state index in [1.807, 2.05) is 43.5 Å². The van der Waals surface area contributed by atoms with Crippen molar-refractivity contribution in [3.05, 3.63) is 120 Å². The third-order valence-corrected chi connectivity index (χ3v) is 7.96. The fraction of sp³-hybridized carbons (Fsp3) is 0.114. The number of rotatable bonds is 11. The highest BCUT2D eigenvalue weighted by Crippen LogP contribution is 2.29. The molecule has 0 aliphatic carbocycles. The number of hydrogen-bond acceptors (Lipinski definition) is 6. The summed E-state index contributed by atoms with van der Waals surface area (Å²) >= 11 is 1.36. The van der Waals surface area contributed by atoms with Crippen LogP contribution in [0.5, 0.6) is 11.5 Å². The minimum Gasteiger partial charge on any atom is -0.497 e. The summed E-state index contributed by atoms with van der Waals surface area (Å²) in [6.07, 6.45) is 3.40. The van der Waals surface area contributed by atoms with Gasteiger partial charge in [-0.05, 0) is 79.0 Å². The van der Waals surface area contributed by atoms with Crippen molar-refractivity contribution in [1.29, 1.82) is 0 Å². The molecule has 1 atom stereocenters. The predicted octanol–water partition coefficient (Wildman–Crippen LogP) is 6.71. The lowest BCUT2D eigenvalue weighted by Crippen LogP contribution is -2.30. The molecule has 0 aliphatic heterocycles. The first-order valence-corrected chi connectivity index (χ1v) is 15.0. The Morgan fingerprint density at radius 3 is 2.40 bits per heavy atom. The summed E-state index contributed by atoms with van der Waals surface area (Å²) in [5, 5.41) is 9.22. The van der Waals surface area contributed by atoms with Crippen LogP contribution in [0.2, 0.25) is 0 Å². The molecule has 45 heavy (non-hydrogen) atoms. The van der Waals surface area contributed by atoms with Crippen LogP contribution < -0.4 is 25.4 Å². The molecular formula is C35H32N4O5S. The number of methoxy groups -OCH3 is 2. The fourth-order valence-corrected chi connectivity index (χ4v) is 5.43. The summed E-state index contributed by atoms with van der Waals surface area (Å²) in [7, 11) is 3.06. The summed E-state index contributed by atoms with van der Waals surface area (Å²) in [6.45, 7) is 1.82. The fourth-order valence-electron chi connectivity index (χ4n) is 4.51. The Morgan fingerprint density at radius 1 is 0.822 bits per heavy atom. The Balaban J connectivity index is 1.32. The Hall–Kier alpha value is -5.48. The molecule has 4 N–H and O–H groups in total. The van der Waals surface area contributed by atoms with Crippen LogP contribution in [0.3, 0.4) is 0 Å². The van der Waals surface area contributed by atoms with Crippen molar-refractivity contribution in [1.82, 2.24) is 10.3 Å². The van der Waals surface area contributed by atoms with Crippen LogP contribution in [0.15, 0.2) is 114 Å². The number of H-pyrrole nitrogens is 1. The maximum atomic E-state index is 13.6. The smallest absolute Gasteiger partial charge is 0.272 e. The van der Waals surface area contributed by atoms with Crippen molar-refractivity contribution < 1.29 is 23.9 Å². The first-order chi connectivity index (χ1) is 21.8. The lowest BCUT2D eigenvalue weighted by Gasteiger charge is -2.15. The molecule has 0 radical (unpaired) electrons. The highest BCUT2D eigenvalue weighted by atomic mass is 32.2. The van der Waals surface area contributed by atoms with Gasteiger partial charge >= 0.3 is 0 Å². The van der Waals surface area contributed by atoms with Crippen LogP contribution in [-0.4, -0.2) is 42.2 Å². The number of anilines is 2. The zero-order valence-electron chi connectivity index (χ0n) is 24.9. The summed E-state index contributed by atoms with van der Waals surface area (Å²) in [5.74, 6) is -0.0781. The minimum absolute atomic E-state index is 0.0113. The van der Waals surface area contributed by atoms with E-state index in [-0.39, 0.29) is 11.6 Å². The maximum Gasteiger partial charge on any atom is 0.272 e. The number of aromatic amines is 1. The topological polar surface area (TPSA) is 122 Å². The van der Waals surface area contributed by atoms with E-state index in [1.54, 1.807) is 79.9 Å². The van der Waals surface area contributed by atoms with Gasteiger partial charge in [-0.25, -0.2) is 0 Å². The standard InChI is InChI=1S/C35H32N4O5S/c1-22(33(40)37-27-14-12-23-16-17-36-30(23)20-27)45-29-11-7-10-26(19-29)38-35(42)31(39-34(41)24-8-5-4-6-9-24)18-25-13-15-28(43-2)21-32(25)44-3/h4-22,36H,1-3H3,(H,37,40)(H,38,42)(H,39,41)/b31-18+. The highest BCUT2D eigenvalue weighted by Gasteiger charge is 2.18. The maximum absolute atomic E-state index is 13.6. The molecule has 0 aliphatic rings.